The second-order valence-corrected chi connectivity index (χ2v) is 2.69. The highest BCUT2D eigenvalue weighted by Crippen LogP contribution is 1.94. The Morgan fingerprint density at radius 1 is 1.50 bits per heavy atom. The summed E-state index contributed by atoms with van der Waals surface area (Å²) in [6.45, 7) is 4.12. The molecule has 0 aliphatic heterocycles. The average molecular weight is 231 g/mol. The van der Waals surface area contributed by atoms with Gasteiger partial charge in [-0.3, -0.25) is 5.73 Å². The minimum Gasteiger partial charge on any atom is -1.00 e. The molecule has 0 bridgehead atoms. The number of aromatic nitrogens is 1. The van der Waals surface area contributed by atoms with Gasteiger partial charge in [0.05, 0.1) is 0 Å². The van der Waals surface area contributed by atoms with E-state index < -0.39 is 0 Å². The first-order chi connectivity index (χ1) is 5.25. The summed E-state index contributed by atoms with van der Waals surface area (Å²) >= 11 is 0. The average Bonchev–Trinajstić information content (AvgIpc) is 2.04. The van der Waals surface area contributed by atoms with E-state index in [1.165, 1.54) is 5.69 Å². The molecule has 1 atom stereocenters. The van der Waals surface area contributed by atoms with Crippen LogP contribution in [-0.2, 0) is 6.42 Å². The first-order valence-corrected chi connectivity index (χ1v) is 4.00. The summed E-state index contributed by atoms with van der Waals surface area (Å²) in [5.74, 6) is 0. The number of rotatable bonds is 2. The van der Waals surface area contributed by atoms with Gasteiger partial charge in [0.1, 0.15) is 0 Å². The number of aryl methyl sites for hydroxylation is 1. The molecule has 0 amide bonds. The maximum atomic E-state index is 5.75. The molecule has 1 aromatic rings. The van der Waals surface area contributed by atoms with Crippen LogP contribution in [-0.4, -0.2) is 0 Å². The number of nitrogens with zero attached hydrogens (tertiary/aromatic N) is 1. The molecule has 0 aliphatic carbocycles. The van der Waals surface area contributed by atoms with Gasteiger partial charge in [-0.2, -0.15) is 4.57 Å². The van der Waals surface area contributed by atoms with E-state index in [2.05, 4.69) is 17.6 Å². The van der Waals surface area contributed by atoms with Crippen LogP contribution in [0.3, 0.4) is 0 Å². The van der Waals surface area contributed by atoms with E-state index in [0.717, 1.165) is 6.42 Å². The molecule has 0 spiro atoms. The molecular formula is C9H15BrN2. The van der Waals surface area contributed by atoms with Gasteiger partial charge in [0.25, 0.3) is 0 Å². The Hall–Kier alpha value is -0.410. The minimum absolute atomic E-state index is 0. The van der Waals surface area contributed by atoms with Crippen molar-refractivity contribution in [3.8, 4) is 0 Å². The summed E-state index contributed by atoms with van der Waals surface area (Å²) in [6, 6.07) is 6.14. The number of nitrogens with two attached hydrogens (primary N) is 1. The second kappa shape index (κ2) is 5.27. The predicted molar refractivity (Wildman–Crippen MR) is 44.9 cm³/mol. The largest absolute Gasteiger partial charge is 1.00 e. The van der Waals surface area contributed by atoms with Crippen molar-refractivity contribution in [2.45, 2.75) is 26.4 Å². The molecule has 12 heavy (non-hydrogen) atoms. The van der Waals surface area contributed by atoms with Crippen LogP contribution in [0, 0.1) is 0 Å². The Kier molecular flexibility index (Phi) is 5.09. The Morgan fingerprint density at radius 2 is 2.17 bits per heavy atom. The van der Waals surface area contributed by atoms with E-state index in [9.17, 15) is 0 Å². The van der Waals surface area contributed by atoms with Gasteiger partial charge in [-0.25, -0.2) is 0 Å². The summed E-state index contributed by atoms with van der Waals surface area (Å²) < 4.78 is 2.08. The van der Waals surface area contributed by atoms with Crippen LogP contribution in [0.1, 0.15) is 25.7 Å². The molecule has 0 fully saturated rings. The van der Waals surface area contributed by atoms with E-state index in [1.807, 2.05) is 25.3 Å². The fourth-order valence-corrected chi connectivity index (χ4v) is 1.19. The molecule has 3 heteroatoms. The van der Waals surface area contributed by atoms with E-state index in [0.29, 0.717) is 0 Å². The molecule has 0 saturated carbocycles. The zero-order chi connectivity index (χ0) is 8.27. The van der Waals surface area contributed by atoms with E-state index in [1.54, 1.807) is 0 Å². The third kappa shape index (κ3) is 2.57. The maximum Gasteiger partial charge on any atom is 0.206 e. The van der Waals surface area contributed by atoms with Crippen LogP contribution in [0.5, 0.6) is 0 Å². The van der Waals surface area contributed by atoms with Crippen LogP contribution >= 0.6 is 0 Å². The van der Waals surface area contributed by atoms with Gasteiger partial charge in [0.2, 0.25) is 6.17 Å². The fraction of sp³-hybridized carbons (Fsp3) is 0.444. The molecule has 1 unspecified atom stereocenters. The Balaban J connectivity index is 0.00000121. The normalized spacial score (nSPS) is 11.9. The summed E-state index contributed by atoms with van der Waals surface area (Å²) in [5, 5.41) is 0. The maximum absolute atomic E-state index is 5.75. The van der Waals surface area contributed by atoms with E-state index in [4.69, 9.17) is 5.73 Å². The Labute approximate surface area is 84.2 Å². The topological polar surface area (TPSA) is 29.9 Å². The zero-order valence-electron chi connectivity index (χ0n) is 7.50. The van der Waals surface area contributed by atoms with Crippen molar-refractivity contribution in [1.29, 1.82) is 0 Å². The van der Waals surface area contributed by atoms with Crippen LogP contribution in [0.2, 0.25) is 0 Å². The first kappa shape index (κ1) is 11.6. The number of halogens is 1. The van der Waals surface area contributed by atoms with Crippen molar-refractivity contribution in [3.05, 3.63) is 30.1 Å². The highest BCUT2D eigenvalue weighted by atomic mass is 79.9. The molecular weight excluding hydrogens is 216 g/mol. The molecule has 0 aromatic carbocycles. The Morgan fingerprint density at radius 3 is 2.58 bits per heavy atom. The van der Waals surface area contributed by atoms with Crippen LogP contribution < -0.4 is 27.3 Å². The number of hydrogen-bond donors (Lipinski definition) is 1. The molecule has 0 saturated heterocycles. The monoisotopic (exact) mass is 230 g/mol. The smallest absolute Gasteiger partial charge is 0.206 e. The van der Waals surface area contributed by atoms with Gasteiger partial charge < -0.3 is 17.0 Å². The first-order valence-electron chi connectivity index (χ1n) is 4.00. The summed E-state index contributed by atoms with van der Waals surface area (Å²) in [5.41, 5.74) is 7.03. The van der Waals surface area contributed by atoms with Crippen molar-refractivity contribution < 1.29 is 21.5 Å². The van der Waals surface area contributed by atoms with Crippen molar-refractivity contribution in [1.82, 2.24) is 0 Å². The van der Waals surface area contributed by atoms with Crippen LogP contribution in [0.15, 0.2) is 24.4 Å². The number of hydrogen-bond acceptors (Lipinski definition) is 1. The quantitative estimate of drug-likeness (QED) is 0.587. The fourth-order valence-electron chi connectivity index (χ4n) is 1.19. The zero-order valence-corrected chi connectivity index (χ0v) is 9.08. The van der Waals surface area contributed by atoms with E-state index in [-0.39, 0.29) is 23.1 Å². The van der Waals surface area contributed by atoms with Gasteiger partial charge in [0, 0.05) is 25.5 Å². The van der Waals surface area contributed by atoms with Crippen LogP contribution in [0.4, 0.5) is 0 Å². The lowest BCUT2D eigenvalue weighted by Gasteiger charge is -2.03. The summed E-state index contributed by atoms with van der Waals surface area (Å²) in [6.07, 6.45) is 3.12. The van der Waals surface area contributed by atoms with Crippen molar-refractivity contribution >= 4 is 0 Å². The second-order valence-electron chi connectivity index (χ2n) is 2.69. The van der Waals surface area contributed by atoms with Gasteiger partial charge in [-0.15, -0.1) is 0 Å². The number of pyridine rings is 1. The van der Waals surface area contributed by atoms with Gasteiger partial charge in [-0.05, 0) is 0 Å². The molecule has 1 heterocycles. The predicted octanol–water partition coefficient (Wildman–Crippen LogP) is -1.98. The third-order valence-electron chi connectivity index (χ3n) is 1.78. The van der Waals surface area contributed by atoms with Gasteiger partial charge in [0.15, 0.2) is 11.9 Å². The lowest BCUT2D eigenvalue weighted by atomic mass is 10.3. The van der Waals surface area contributed by atoms with Crippen LogP contribution in [0.25, 0.3) is 0 Å². The summed E-state index contributed by atoms with van der Waals surface area (Å²) in [7, 11) is 0. The molecule has 1 rings (SSSR count). The lowest BCUT2D eigenvalue weighted by molar-refractivity contribution is -0.725. The molecule has 0 aliphatic rings. The summed E-state index contributed by atoms with van der Waals surface area (Å²) in [4.78, 5) is 0. The minimum atomic E-state index is 0. The SMILES string of the molecule is CCc1cccc[n+]1C(C)N.[Br-]. The van der Waals surface area contributed by atoms with Crippen molar-refractivity contribution in [3.63, 3.8) is 0 Å². The Bertz CT molecular complexity index is 236. The standard InChI is InChI=1S/C9H15N2.BrH/c1-3-9-6-4-5-7-11(9)8(2)10;/h4-8H,3,10H2,1-2H3;1H/q+1;/p-1. The highest BCUT2D eigenvalue weighted by molar-refractivity contribution is 4.96. The third-order valence-corrected chi connectivity index (χ3v) is 1.78. The van der Waals surface area contributed by atoms with Crippen molar-refractivity contribution in [2.75, 3.05) is 0 Å². The molecule has 2 nitrogen and oxygen atoms in total. The van der Waals surface area contributed by atoms with Gasteiger partial charge >= 0.3 is 0 Å². The lowest BCUT2D eigenvalue weighted by Crippen LogP contribution is -3.00. The molecule has 0 radical (unpaired) electrons. The van der Waals surface area contributed by atoms with Gasteiger partial charge in [-0.1, -0.05) is 13.0 Å². The molecule has 68 valence electrons. The molecule has 2 N–H and O–H groups in total. The molecule has 1 aromatic heterocycles. The highest BCUT2D eigenvalue weighted by Gasteiger charge is 2.10. The van der Waals surface area contributed by atoms with Crippen molar-refractivity contribution in [2.24, 2.45) is 5.73 Å². The van der Waals surface area contributed by atoms with E-state index >= 15 is 0 Å².